The average molecular weight is 207 g/mol. The highest BCUT2D eigenvalue weighted by Gasteiger charge is 2.42. The Labute approximate surface area is 87.5 Å². The number of hydrogen-bond donors (Lipinski definition) is 1. The molecule has 0 saturated carbocycles. The van der Waals surface area contributed by atoms with E-state index in [1.165, 1.54) is 4.90 Å². The van der Waals surface area contributed by atoms with Crippen molar-refractivity contribution in [1.82, 2.24) is 15.1 Å². The Balaban J connectivity index is 2.16. The van der Waals surface area contributed by atoms with Gasteiger partial charge in [-0.1, -0.05) is 13.8 Å². The van der Waals surface area contributed by atoms with Gasteiger partial charge in [-0.25, -0.2) is 0 Å². The summed E-state index contributed by atoms with van der Waals surface area (Å²) in [5.41, 5.74) is 0.776. The normalized spacial score (nSPS) is 26.4. The van der Waals surface area contributed by atoms with Crippen LogP contribution in [0.1, 0.15) is 19.5 Å². The Morgan fingerprint density at radius 1 is 1.33 bits per heavy atom. The molecule has 5 nitrogen and oxygen atoms in total. The molecule has 80 valence electrons. The number of imide groups is 1. The van der Waals surface area contributed by atoms with Gasteiger partial charge >= 0.3 is 0 Å². The lowest BCUT2D eigenvalue weighted by Crippen LogP contribution is -2.30. The van der Waals surface area contributed by atoms with Crippen LogP contribution in [0.25, 0.3) is 0 Å². The van der Waals surface area contributed by atoms with Crippen molar-refractivity contribution in [3.05, 3.63) is 18.0 Å². The smallest absolute Gasteiger partial charge is 0.233 e. The largest absolute Gasteiger partial charge is 0.281 e. The zero-order valence-corrected chi connectivity index (χ0v) is 8.73. The molecule has 2 amide bonds. The first-order valence-corrected chi connectivity index (χ1v) is 4.94. The summed E-state index contributed by atoms with van der Waals surface area (Å²) in [5, 5.41) is 6.52. The Morgan fingerprint density at radius 3 is 2.40 bits per heavy atom. The second kappa shape index (κ2) is 3.49. The van der Waals surface area contributed by atoms with Crippen LogP contribution in [0, 0.1) is 11.8 Å². The van der Waals surface area contributed by atoms with Gasteiger partial charge in [0, 0.05) is 18.0 Å². The average Bonchev–Trinajstić information content (AvgIpc) is 2.79. The maximum absolute atomic E-state index is 11.7. The highest BCUT2D eigenvalue weighted by Crippen LogP contribution is 2.26. The quantitative estimate of drug-likeness (QED) is 0.720. The summed E-state index contributed by atoms with van der Waals surface area (Å²) in [7, 11) is 0. The molecule has 2 unspecified atom stereocenters. The molecule has 1 aliphatic heterocycles. The van der Waals surface area contributed by atoms with Gasteiger partial charge in [-0.2, -0.15) is 5.10 Å². The first kappa shape index (κ1) is 9.89. The van der Waals surface area contributed by atoms with Gasteiger partial charge in [0.25, 0.3) is 0 Å². The van der Waals surface area contributed by atoms with E-state index in [0.717, 1.165) is 5.69 Å². The summed E-state index contributed by atoms with van der Waals surface area (Å²) in [6.45, 7) is 3.88. The minimum atomic E-state index is -0.208. The van der Waals surface area contributed by atoms with Gasteiger partial charge in [0.2, 0.25) is 11.8 Å². The van der Waals surface area contributed by atoms with Crippen LogP contribution in [0.15, 0.2) is 12.3 Å². The van der Waals surface area contributed by atoms with Crippen LogP contribution in [-0.4, -0.2) is 26.9 Å². The third-order valence-corrected chi connectivity index (χ3v) is 2.95. The van der Waals surface area contributed by atoms with Crippen molar-refractivity contribution < 1.29 is 9.59 Å². The van der Waals surface area contributed by atoms with E-state index in [0.29, 0.717) is 6.54 Å². The van der Waals surface area contributed by atoms with Crippen LogP contribution in [0.5, 0.6) is 0 Å². The molecule has 1 saturated heterocycles. The molecule has 2 heterocycles. The number of hydrogen-bond acceptors (Lipinski definition) is 3. The minimum absolute atomic E-state index is 0.0953. The molecule has 2 rings (SSSR count). The van der Waals surface area contributed by atoms with Gasteiger partial charge in [0.1, 0.15) is 0 Å². The summed E-state index contributed by atoms with van der Waals surface area (Å²) in [6, 6.07) is 1.76. The van der Waals surface area contributed by atoms with Crippen molar-refractivity contribution in [2.75, 3.05) is 0 Å². The predicted molar refractivity (Wildman–Crippen MR) is 52.5 cm³/mol. The van der Waals surface area contributed by atoms with E-state index in [4.69, 9.17) is 0 Å². The maximum atomic E-state index is 11.7. The third kappa shape index (κ3) is 1.54. The van der Waals surface area contributed by atoms with Crippen LogP contribution in [0.2, 0.25) is 0 Å². The molecule has 2 atom stereocenters. The first-order valence-electron chi connectivity index (χ1n) is 4.94. The fraction of sp³-hybridized carbons (Fsp3) is 0.500. The molecule has 0 aromatic carbocycles. The van der Waals surface area contributed by atoms with Gasteiger partial charge < -0.3 is 0 Å². The Kier molecular flexibility index (Phi) is 2.30. The highest BCUT2D eigenvalue weighted by atomic mass is 16.2. The van der Waals surface area contributed by atoms with E-state index in [2.05, 4.69) is 10.2 Å². The summed E-state index contributed by atoms with van der Waals surface area (Å²) >= 11 is 0. The summed E-state index contributed by atoms with van der Waals surface area (Å²) in [5.74, 6) is -0.606. The zero-order valence-electron chi connectivity index (χ0n) is 8.73. The molecule has 0 radical (unpaired) electrons. The molecular formula is C10H13N3O2. The molecule has 15 heavy (non-hydrogen) atoms. The van der Waals surface area contributed by atoms with Crippen molar-refractivity contribution in [1.29, 1.82) is 0 Å². The molecule has 0 aliphatic carbocycles. The highest BCUT2D eigenvalue weighted by molar-refractivity contribution is 6.04. The number of rotatable bonds is 2. The summed E-state index contributed by atoms with van der Waals surface area (Å²) in [6.07, 6.45) is 1.60. The number of amides is 2. The maximum Gasteiger partial charge on any atom is 0.233 e. The Morgan fingerprint density at radius 2 is 1.93 bits per heavy atom. The fourth-order valence-electron chi connectivity index (χ4n) is 1.73. The zero-order chi connectivity index (χ0) is 11.0. The lowest BCUT2D eigenvalue weighted by Gasteiger charge is -2.12. The van der Waals surface area contributed by atoms with Gasteiger partial charge in [0.15, 0.2) is 0 Å². The van der Waals surface area contributed by atoms with Crippen molar-refractivity contribution >= 4 is 11.8 Å². The predicted octanol–water partition coefficient (Wildman–Crippen LogP) is 0.551. The second-order valence-corrected chi connectivity index (χ2v) is 3.92. The molecule has 1 aliphatic rings. The van der Waals surface area contributed by atoms with E-state index in [1.54, 1.807) is 26.1 Å². The molecule has 1 fully saturated rings. The number of carbonyl (C=O) groups is 2. The molecule has 0 bridgehead atoms. The second-order valence-electron chi connectivity index (χ2n) is 3.92. The topological polar surface area (TPSA) is 66.1 Å². The molecule has 1 aromatic heterocycles. The molecule has 5 heteroatoms. The fourth-order valence-corrected chi connectivity index (χ4v) is 1.73. The minimum Gasteiger partial charge on any atom is -0.281 e. The van der Waals surface area contributed by atoms with E-state index < -0.39 is 0 Å². The number of carbonyl (C=O) groups excluding carboxylic acids is 2. The van der Waals surface area contributed by atoms with Gasteiger partial charge in [-0.3, -0.25) is 19.6 Å². The van der Waals surface area contributed by atoms with Gasteiger partial charge in [0.05, 0.1) is 12.2 Å². The Hall–Kier alpha value is -1.65. The molecule has 0 spiro atoms. The van der Waals surface area contributed by atoms with E-state index >= 15 is 0 Å². The number of nitrogens with zero attached hydrogens (tertiary/aromatic N) is 2. The lowest BCUT2D eigenvalue weighted by molar-refractivity contribution is -0.140. The molecular weight excluding hydrogens is 194 g/mol. The van der Waals surface area contributed by atoms with Crippen LogP contribution in [0.3, 0.4) is 0 Å². The first-order chi connectivity index (χ1) is 7.11. The number of likely N-dealkylation sites (tertiary alicyclic amines) is 1. The van der Waals surface area contributed by atoms with Crippen LogP contribution >= 0.6 is 0 Å². The standard InChI is InChI=1S/C10H13N3O2/c1-6-7(2)10(15)13(9(6)14)5-8-3-4-11-12-8/h3-4,6-7H,5H2,1-2H3,(H,11,12). The SMILES string of the molecule is CC1C(=O)N(Cc2ccn[nH]2)C(=O)C1C. The number of H-pyrrole nitrogens is 1. The van der Waals surface area contributed by atoms with Crippen LogP contribution in [0.4, 0.5) is 0 Å². The van der Waals surface area contributed by atoms with Crippen LogP contribution in [-0.2, 0) is 16.1 Å². The molecule has 1 N–H and O–H groups in total. The summed E-state index contributed by atoms with van der Waals surface area (Å²) < 4.78 is 0. The third-order valence-electron chi connectivity index (χ3n) is 2.95. The Bertz CT molecular complexity index is 365. The van der Waals surface area contributed by atoms with Crippen molar-refractivity contribution in [3.63, 3.8) is 0 Å². The van der Waals surface area contributed by atoms with E-state index in [-0.39, 0.29) is 23.7 Å². The number of nitrogens with one attached hydrogen (secondary N) is 1. The van der Waals surface area contributed by atoms with Gasteiger partial charge in [-0.05, 0) is 6.07 Å². The van der Waals surface area contributed by atoms with E-state index in [9.17, 15) is 9.59 Å². The van der Waals surface area contributed by atoms with Crippen molar-refractivity contribution in [2.24, 2.45) is 11.8 Å². The van der Waals surface area contributed by atoms with Crippen LogP contribution < -0.4 is 0 Å². The summed E-state index contributed by atoms with van der Waals surface area (Å²) in [4.78, 5) is 24.7. The molecule has 1 aromatic rings. The number of aromatic nitrogens is 2. The van der Waals surface area contributed by atoms with E-state index in [1.807, 2.05) is 0 Å². The van der Waals surface area contributed by atoms with Gasteiger partial charge in [-0.15, -0.1) is 0 Å². The number of aromatic amines is 1. The lowest BCUT2D eigenvalue weighted by atomic mass is 10.00. The van der Waals surface area contributed by atoms with Crippen molar-refractivity contribution in [2.45, 2.75) is 20.4 Å². The monoisotopic (exact) mass is 207 g/mol. The van der Waals surface area contributed by atoms with Crippen molar-refractivity contribution in [3.8, 4) is 0 Å².